The lowest BCUT2D eigenvalue weighted by Gasteiger charge is -2.29. The van der Waals surface area contributed by atoms with Gasteiger partial charge in [0, 0.05) is 30.7 Å². The fourth-order valence-electron chi connectivity index (χ4n) is 2.67. The smallest absolute Gasteiger partial charge is 0.269 e. The van der Waals surface area contributed by atoms with Gasteiger partial charge in [-0.15, -0.1) is 0 Å². The predicted molar refractivity (Wildman–Crippen MR) is 69.1 cm³/mol. The maximum absolute atomic E-state index is 12.3. The molecule has 2 aliphatic rings. The summed E-state index contributed by atoms with van der Waals surface area (Å²) in [7, 11) is 0. The Bertz CT molecular complexity index is 684. The lowest BCUT2D eigenvalue weighted by atomic mass is 10.0. The molecule has 108 valence electrons. The van der Waals surface area contributed by atoms with Crippen LogP contribution < -0.4 is 5.32 Å². The molecule has 0 bridgehead atoms. The van der Waals surface area contributed by atoms with Gasteiger partial charge in [0.05, 0.1) is 4.92 Å². The highest BCUT2D eigenvalue weighted by atomic mass is 16.6. The fraction of sp³-hybridized carbons (Fsp3) is 0.308. The zero-order valence-corrected chi connectivity index (χ0v) is 10.9. The van der Waals surface area contributed by atoms with E-state index >= 15 is 0 Å². The number of amides is 3. The molecule has 1 aromatic carbocycles. The van der Waals surface area contributed by atoms with Crippen LogP contribution in [-0.2, 0) is 16.1 Å². The molecule has 3 amide bonds. The zero-order chi connectivity index (χ0) is 15.1. The topological polar surface area (TPSA) is 110 Å². The number of rotatable bonds is 2. The summed E-state index contributed by atoms with van der Waals surface area (Å²) < 4.78 is 0. The Kier molecular flexibility index (Phi) is 2.93. The van der Waals surface area contributed by atoms with Crippen LogP contribution in [0.4, 0.5) is 5.69 Å². The van der Waals surface area contributed by atoms with Crippen LogP contribution in [0.2, 0.25) is 0 Å². The monoisotopic (exact) mass is 289 g/mol. The van der Waals surface area contributed by atoms with Gasteiger partial charge in [-0.25, -0.2) is 0 Å². The number of carbonyl (C=O) groups is 3. The van der Waals surface area contributed by atoms with Gasteiger partial charge < -0.3 is 4.90 Å². The number of nitrogens with one attached hydrogen (secondary N) is 1. The van der Waals surface area contributed by atoms with E-state index in [1.165, 1.54) is 23.1 Å². The number of nitro benzene ring substituents is 1. The second kappa shape index (κ2) is 4.65. The number of hydrogen-bond donors (Lipinski definition) is 1. The first-order valence-electron chi connectivity index (χ1n) is 6.39. The summed E-state index contributed by atoms with van der Waals surface area (Å²) in [5.41, 5.74) is 0.802. The Morgan fingerprint density at radius 1 is 1.29 bits per heavy atom. The lowest BCUT2D eigenvalue weighted by Crippen LogP contribution is -2.52. The Hall–Kier alpha value is -2.77. The van der Waals surface area contributed by atoms with Gasteiger partial charge in [0.25, 0.3) is 11.6 Å². The van der Waals surface area contributed by atoms with E-state index in [0.29, 0.717) is 11.1 Å². The summed E-state index contributed by atoms with van der Waals surface area (Å²) in [6.07, 6.45) is 0.448. The van der Waals surface area contributed by atoms with Crippen LogP contribution in [0.15, 0.2) is 18.2 Å². The standard InChI is InChI=1S/C13H11N3O5/c17-11-4-3-10(12(18)14-11)15-6-7-5-8(16(20)21)1-2-9(7)13(15)19/h1-2,5,10H,3-4,6H2,(H,14,17,18)/t10-/m0/s1. The minimum atomic E-state index is -0.707. The molecule has 1 fully saturated rings. The van der Waals surface area contributed by atoms with Gasteiger partial charge in [-0.2, -0.15) is 0 Å². The quantitative estimate of drug-likeness (QED) is 0.480. The Labute approximate surface area is 118 Å². The second-order valence-corrected chi connectivity index (χ2v) is 5.00. The van der Waals surface area contributed by atoms with Gasteiger partial charge in [0.2, 0.25) is 11.8 Å². The molecule has 1 N–H and O–H groups in total. The molecule has 1 aromatic rings. The average molecular weight is 289 g/mol. The molecule has 1 saturated heterocycles. The summed E-state index contributed by atoms with van der Waals surface area (Å²) in [5, 5.41) is 13.0. The molecule has 3 rings (SSSR count). The maximum Gasteiger partial charge on any atom is 0.269 e. The number of fused-ring (bicyclic) bond motifs is 1. The van der Waals surface area contributed by atoms with Crippen LogP contribution in [-0.4, -0.2) is 33.6 Å². The van der Waals surface area contributed by atoms with Crippen molar-refractivity contribution >= 4 is 23.4 Å². The minimum Gasteiger partial charge on any atom is -0.322 e. The molecule has 2 heterocycles. The van der Waals surface area contributed by atoms with Crippen molar-refractivity contribution in [3.63, 3.8) is 0 Å². The van der Waals surface area contributed by atoms with Crippen LogP contribution in [0.25, 0.3) is 0 Å². The SMILES string of the molecule is O=C1CC[C@H](N2Cc3cc([N+](=O)[O-])ccc3C2=O)C(=O)N1. The summed E-state index contributed by atoms with van der Waals surface area (Å²) in [6.45, 7) is 0.141. The van der Waals surface area contributed by atoms with Crippen LogP contribution in [0.3, 0.4) is 0 Å². The van der Waals surface area contributed by atoms with Crippen molar-refractivity contribution in [2.75, 3.05) is 0 Å². The molecule has 1 atom stereocenters. The predicted octanol–water partition coefficient (Wildman–Crippen LogP) is 0.356. The number of nitrogens with zero attached hydrogens (tertiary/aromatic N) is 2. The van der Waals surface area contributed by atoms with Crippen LogP contribution in [0.5, 0.6) is 0 Å². The van der Waals surface area contributed by atoms with Crippen LogP contribution in [0, 0.1) is 10.1 Å². The number of nitro groups is 1. The third-order valence-electron chi connectivity index (χ3n) is 3.72. The molecule has 0 unspecified atom stereocenters. The number of benzene rings is 1. The summed E-state index contributed by atoms with van der Waals surface area (Å²) >= 11 is 0. The number of piperidine rings is 1. The Morgan fingerprint density at radius 2 is 2.05 bits per heavy atom. The fourth-order valence-corrected chi connectivity index (χ4v) is 2.67. The molecular formula is C13H11N3O5. The van der Waals surface area contributed by atoms with Crippen molar-refractivity contribution in [1.82, 2.24) is 10.2 Å². The highest BCUT2D eigenvalue weighted by Gasteiger charge is 2.39. The molecule has 0 aromatic heterocycles. The second-order valence-electron chi connectivity index (χ2n) is 5.00. The maximum atomic E-state index is 12.3. The van der Waals surface area contributed by atoms with E-state index in [9.17, 15) is 24.5 Å². The van der Waals surface area contributed by atoms with Crippen LogP contribution >= 0.6 is 0 Å². The average Bonchev–Trinajstić information content (AvgIpc) is 2.75. The third kappa shape index (κ3) is 2.14. The van der Waals surface area contributed by atoms with E-state index in [-0.39, 0.29) is 36.9 Å². The highest BCUT2D eigenvalue weighted by molar-refractivity contribution is 6.05. The first kappa shape index (κ1) is 13.2. The summed E-state index contributed by atoms with van der Waals surface area (Å²) in [4.78, 5) is 46.9. The van der Waals surface area contributed by atoms with E-state index in [1.807, 2.05) is 0 Å². The molecule has 8 heteroatoms. The molecule has 2 aliphatic heterocycles. The van der Waals surface area contributed by atoms with Crippen molar-refractivity contribution < 1.29 is 19.3 Å². The molecule has 0 aliphatic carbocycles. The van der Waals surface area contributed by atoms with E-state index in [1.54, 1.807) is 0 Å². The molecule has 21 heavy (non-hydrogen) atoms. The van der Waals surface area contributed by atoms with Gasteiger partial charge in [-0.05, 0) is 18.1 Å². The van der Waals surface area contributed by atoms with E-state index < -0.39 is 16.9 Å². The minimum absolute atomic E-state index is 0.0910. The van der Waals surface area contributed by atoms with E-state index in [2.05, 4.69) is 5.32 Å². The number of hydrogen-bond acceptors (Lipinski definition) is 5. The Morgan fingerprint density at radius 3 is 2.71 bits per heavy atom. The van der Waals surface area contributed by atoms with Gasteiger partial charge in [0.15, 0.2) is 0 Å². The van der Waals surface area contributed by atoms with E-state index in [0.717, 1.165) is 0 Å². The van der Waals surface area contributed by atoms with Gasteiger partial charge in [-0.3, -0.25) is 29.8 Å². The Balaban J connectivity index is 1.88. The molecule has 8 nitrogen and oxygen atoms in total. The first-order chi connectivity index (χ1) is 9.97. The lowest BCUT2D eigenvalue weighted by molar-refractivity contribution is -0.384. The third-order valence-corrected chi connectivity index (χ3v) is 3.72. The molecule has 0 radical (unpaired) electrons. The molecule has 0 saturated carbocycles. The number of non-ortho nitro benzene ring substituents is 1. The van der Waals surface area contributed by atoms with Crippen molar-refractivity contribution in [3.05, 3.63) is 39.4 Å². The summed E-state index contributed by atoms with van der Waals surface area (Å²) in [5.74, 6) is -1.19. The largest absolute Gasteiger partial charge is 0.322 e. The molecular weight excluding hydrogens is 278 g/mol. The first-order valence-corrected chi connectivity index (χ1v) is 6.39. The van der Waals surface area contributed by atoms with E-state index in [4.69, 9.17) is 0 Å². The highest BCUT2D eigenvalue weighted by Crippen LogP contribution is 2.29. The molecule has 0 spiro atoms. The number of carbonyl (C=O) groups excluding carboxylic acids is 3. The van der Waals surface area contributed by atoms with Crippen molar-refractivity contribution in [2.45, 2.75) is 25.4 Å². The van der Waals surface area contributed by atoms with Crippen molar-refractivity contribution in [2.24, 2.45) is 0 Å². The van der Waals surface area contributed by atoms with Crippen molar-refractivity contribution in [1.29, 1.82) is 0 Å². The summed E-state index contributed by atoms with van der Waals surface area (Å²) in [6, 6.07) is 3.31. The van der Waals surface area contributed by atoms with Gasteiger partial charge >= 0.3 is 0 Å². The van der Waals surface area contributed by atoms with Gasteiger partial charge in [-0.1, -0.05) is 0 Å². The number of imide groups is 1. The van der Waals surface area contributed by atoms with Gasteiger partial charge in [0.1, 0.15) is 6.04 Å². The zero-order valence-electron chi connectivity index (χ0n) is 10.9. The van der Waals surface area contributed by atoms with Crippen molar-refractivity contribution in [3.8, 4) is 0 Å². The normalized spacial score (nSPS) is 21.2. The van der Waals surface area contributed by atoms with Crippen LogP contribution in [0.1, 0.15) is 28.8 Å².